The van der Waals surface area contributed by atoms with Gasteiger partial charge in [-0.25, -0.2) is 10.5 Å². The number of rotatable bonds is 6. The van der Waals surface area contributed by atoms with E-state index in [1.807, 2.05) is 4.90 Å². The molecule has 124 valence electrons. The third-order valence-corrected chi connectivity index (χ3v) is 3.08. The molecular weight excluding hydrogens is 308 g/mol. The number of carbonyl (C=O) groups excluding carboxylic acids is 1. The van der Waals surface area contributed by atoms with Crippen LogP contribution >= 0.6 is 0 Å². The molecule has 2 heterocycles. The van der Waals surface area contributed by atoms with E-state index in [0.29, 0.717) is 31.3 Å². The molecule has 24 heavy (non-hydrogen) atoms. The highest BCUT2D eigenvalue weighted by Crippen LogP contribution is 2.13. The number of amidine groups is 1. The number of allylic oxidation sites excluding steroid dienone is 2. The maximum Gasteiger partial charge on any atom is 0.267 e. The molecule has 0 bridgehead atoms. The van der Waals surface area contributed by atoms with Gasteiger partial charge in [-0.15, -0.1) is 0 Å². The van der Waals surface area contributed by atoms with Gasteiger partial charge in [-0.05, 0) is 5.57 Å². The number of hydrogen-bond acceptors (Lipinski definition) is 7. The molecule has 2 N–H and O–H groups in total. The molecule has 2 rings (SSSR count). The molecule has 0 aromatic carbocycles. The van der Waals surface area contributed by atoms with Gasteiger partial charge >= 0.3 is 0 Å². The maximum atomic E-state index is 11.0. The average molecular weight is 326 g/mol. The third-order valence-electron chi connectivity index (χ3n) is 3.08. The first-order valence-corrected chi connectivity index (χ1v) is 7.26. The van der Waals surface area contributed by atoms with Gasteiger partial charge in [-0.1, -0.05) is 24.8 Å². The number of aliphatic imine (C=N–C) groups is 2. The summed E-state index contributed by atoms with van der Waals surface area (Å²) in [5, 5.41) is 8.48. The van der Waals surface area contributed by atoms with Crippen LogP contribution in [-0.2, 0) is 4.79 Å². The second-order valence-corrected chi connectivity index (χ2v) is 4.71. The van der Waals surface area contributed by atoms with Crippen LogP contribution in [0.3, 0.4) is 0 Å². The number of aromatic nitrogens is 2. The number of hydroxylamine groups is 1. The van der Waals surface area contributed by atoms with Gasteiger partial charge in [-0.2, -0.15) is 0 Å². The molecule has 0 saturated heterocycles. The Bertz CT molecular complexity index is 694. The van der Waals surface area contributed by atoms with Crippen molar-refractivity contribution in [1.82, 2.24) is 15.4 Å². The number of hydrogen-bond donors (Lipinski definition) is 2. The van der Waals surface area contributed by atoms with Crippen LogP contribution in [0.15, 0.2) is 65.0 Å². The molecule has 0 aliphatic carbocycles. The summed E-state index contributed by atoms with van der Waals surface area (Å²) in [5.41, 5.74) is 2.35. The van der Waals surface area contributed by atoms with Gasteiger partial charge in [0.1, 0.15) is 5.84 Å². The van der Waals surface area contributed by atoms with Crippen molar-refractivity contribution in [3.8, 4) is 0 Å². The van der Waals surface area contributed by atoms with E-state index in [4.69, 9.17) is 5.21 Å². The first kappa shape index (κ1) is 17.2. The standard InChI is InChI=1S/C16H18N6O2/c1-2-13(4-3-5-16(23)21-24)12-22(14-10-17-6-8-19-14)15-11-18-7-9-20-15/h2-6,8,10-11,24H,1,7,9,12H2,(H,21,23)/b5-3+,13-4+. The second-order valence-electron chi connectivity index (χ2n) is 4.71. The molecule has 0 spiro atoms. The minimum atomic E-state index is -0.607. The smallest absolute Gasteiger partial charge is 0.267 e. The highest BCUT2D eigenvalue weighted by atomic mass is 16.5. The molecule has 0 atom stereocenters. The first-order valence-electron chi connectivity index (χ1n) is 7.26. The second kappa shape index (κ2) is 9.11. The van der Waals surface area contributed by atoms with Crippen molar-refractivity contribution in [2.75, 3.05) is 24.5 Å². The molecule has 0 radical (unpaired) electrons. The summed E-state index contributed by atoms with van der Waals surface area (Å²) in [4.78, 5) is 30.0. The summed E-state index contributed by atoms with van der Waals surface area (Å²) in [6, 6.07) is 0. The predicted molar refractivity (Wildman–Crippen MR) is 92.4 cm³/mol. The van der Waals surface area contributed by atoms with Crippen LogP contribution in [0, 0.1) is 0 Å². The Morgan fingerprint density at radius 3 is 2.92 bits per heavy atom. The number of nitrogens with one attached hydrogen (secondary N) is 1. The fraction of sp³-hybridized carbons (Fsp3) is 0.188. The average Bonchev–Trinajstić information content (AvgIpc) is 2.65. The Kier molecular flexibility index (Phi) is 6.54. The summed E-state index contributed by atoms with van der Waals surface area (Å²) >= 11 is 0. The largest absolute Gasteiger partial charge is 0.304 e. The van der Waals surface area contributed by atoms with Crippen molar-refractivity contribution in [2.24, 2.45) is 9.98 Å². The van der Waals surface area contributed by atoms with Gasteiger partial charge in [0.15, 0.2) is 5.82 Å². The summed E-state index contributed by atoms with van der Waals surface area (Å²) in [6.07, 6.45) is 12.7. The van der Waals surface area contributed by atoms with E-state index >= 15 is 0 Å². The summed E-state index contributed by atoms with van der Waals surface area (Å²) in [5.74, 6) is 0.713. The lowest BCUT2D eigenvalue weighted by molar-refractivity contribution is -0.124. The monoisotopic (exact) mass is 326 g/mol. The summed E-state index contributed by atoms with van der Waals surface area (Å²) in [6.45, 7) is 5.50. The first-order chi connectivity index (χ1) is 11.7. The summed E-state index contributed by atoms with van der Waals surface area (Å²) in [7, 11) is 0. The van der Waals surface area contributed by atoms with Crippen LogP contribution in [0.1, 0.15) is 0 Å². The van der Waals surface area contributed by atoms with Crippen molar-refractivity contribution in [3.63, 3.8) is 0 Å². The van der Waals surface area contributed by atoms with E-state index in [2.05, 4.69) is 26.5 Å². The van der Waals surface area contributed by atoms with E-state index in [-0.39, 0.29) is 0 Å². The van der Waals surface area contributed by atoms with Crippen LogP contribution < -0.4 is 10.4 Å². The lowest BCUT2D eigenvalue weighted by Crippen LogP contribution is -2.36. The molecule has 1 aliphatic rings. The molecule has 8 heteroatoms. The maximum absolute atomic E-state index is 11.0. The van der Waals surface area contributed by atoms with E-state index in [0.717, 1.165) is 5.57 Å². The van der Waals surface area contributed by atoms with Crippen LogP contribution in [-0.4, -0.2) is 52.8 Å². The number of nitrogens with zero attached hydrogens (tertiary/aromatic N) is 5. The minimum absolute atomic E-state index is 0.429. The molecule has 1 aromatic rings. The van der Waals surface area contributed by atoms with E-state index in [1.165, 1.54) is 17.6 Å². The molecule has 8 nitrogen and oxygen atoms in total. The van der Waals surface area contributed by atoms with Crippen LogP contribution in [0.5, 0.6) is 0 Å². The number of anilines is 1. The van der Waals surface area contributed by atoms with E-state index in [1.54, 1.807) is 37.0 Å². The summed E-state index contributed by atoms with van der Waals surface area (Å²) < 4.78 is 0. The van der Waals surface area contributed by atoms with Crippen LogP contribution in [0.25, 0.3) is 0 Å². The molecule has 1 aliphatic heterocycles. The number of amides is 1. The molecule has 1 aromatic heterocycles. The van der Waals surface area contributed by atoms with Crippen molar-refractivity contribution >= 4 is 23.8 Å². The van der Waals surface area contributed by atoms with Gasteiger partial charge in [0.25, 0.3) is 5.91 Å². The van der Waals surface area contributed by atoms with Gasteiger partial charge in [0.05, 0.1) is 32.0 Å². The molecular formula is C16H18N6O2. The van der Waals surface area contributed by atoms with Crippen molar-refractivity contribution in [2.45, 2.75) is 0 Å². The van der Waals surface area contributed by atoms with Crippen LogP contribution in [0.4, 0.5) is 5.82 Å². The molecule has 0 fully saturated rings. The lowest BCUT2D eigenvalue weighted by Gasteiger charge is -2.24. The lowest BCUT2D eigenvalue weighted by atomic mass is 10.2. The van der Waals surface area contributed by atoms with Crippen molar-refractivity contribution in [3.05, 3.63) is 55.0 Å². The Balaban J connectivity index is 2.23. The van der Waals surface area contributed by atoms with Gasteiger partial charge < -0.3 is 4.90 Å². The van der Waals surface area contributed by atoms with Crippen LogP contribution in [0.2, 0.25) is 0 Å². The van der Waals surface area contributed by atoms with Crippen molar-refractivity contribution in [1.29, 1.82) is 0 Å². The Morgan fingerprint density at radius 1 is 1.42 bits per heavy atom. The molecule has 1 amide bonds. The highest BCUT2D eigenvalue weighted by molar-refractivity contribution is 6.35. The van der Waals surface area contributed by atoms with Crippen molar-refractivity contribution < 1.29 is 10.0 Å². The zero-order valence-electron chi connectivity index (χ0n) is 13.0. The SMILES string of the molecule is C=C/C(=C\C=C\C(=O)NO)CN(C1=NCCN=C1)c1cnccn1. The Labute approximate surface area is 139 Å². The molecule has 0 unspecified atom stereocenters. The predicted octanol–water partition coefficient (Wildman–Crippen LogP) is 0.940. The zero-order valence-corrected chi connectivity index (χ0v) is 13.0. The van der Waals surface area contributed by atoms with Gasteiger partial charge in [0, 0.05) is 18.5 Å². The number of carbonyl (C=O) groups is 1. The molecule has 0 saturated carbocycles. The normalized spacial score (nSPS) is 14.4. The Morgan fingerprint density at radius 2 is 2.29 bits per heavy atom. The fourth-order valence-corrected chi connectivity index (χ4v) is 1.94. The zero-order chi connectivity index (χ0) is 17.2. The minimum Gasteiger partial charge on any atom is -0.304 e. The van der Waals surface area contributed by atoms with Gasteiger partial charge in [0.2, 0.25) is 0 Å². The quantitative estimate of drug-likeness (QED) is 0.350. The van der Waals surface area contributed by atoms with E-state index < -0.39 is 5.91 Å². The Hall–Kier alpha value is -3.13. The highest BCUT2D eigenvalue weighted by Gasteiger charge is 2.15. The van der Waals surface area contributed by atoms with E-state index in [9.17, 15) is 4.79 Å². The topological polar surface area (TPSA) is 103 Å². The van der Waals surface area contributed by atoms with Gasteiger partial charge in [-0.3, -0.25) is 25.0 Å². The third kappa shape index (κ3) is 4.96. The fourth-order valence-electron chi connectivity index (χ4n) is 1.94.